The Morgan fingerprint density at radius 2 is 1.54 bits per heavy atom. The summed E-state index contributed by atoms with van der Waals surface area (Å²) >= 11 is 6.45. The maximum Gasteiger partial charge on any atom is 0.303 e. The fourth-order valence-corrected chi connectivity index (χ4v) is 8.38. The van der Waals surface area contributed by atoms with Gasteiger partial charge in [-0.2, -0.15) is 5.26 Å². The fraction of sp³-hybridized carbons (Fsp3) is 0.389. The number of aromatic nitrogens is 1. The minimum absolute atomic E-state index is 0.0332. The number of esters is 4. The molecular formula is C36H34ClFN2O11S. The molecule has 0 unspecified atom stereocenters. The number of sulfone groups is 1. The first-order valence-electron chi connectivity index (χ1n) is 16.2. The smallest absolute Gasteiger partial charge is 0.303 e. The number of hydrogen-bond donors (Lipinski definition) is 0. The third kappa shape index (κ3) is 8.09. The zero-order chi connectivity index (χ0) is 37.9. The van der Waals surface area contributed by atoms with E-state index >= 15 is 4.39 Å². The van der Waals surface area contributed by atoms with Crippen molar-refractivity contribution in [2.45, 2.75) is 88.3 Å². The van der Waals surface area contributed by atoms with Crippen LogP contribution in [0.2, 0.25) is 5.02 Å². The van der Waals surface area contributed by atoms with Crippen LogP contribution in [0.15, 0.2) is 47.5 Å². The lowest BCUT2D eigenvalue weighted by Crippen LogP contribution is -2.64. The number of nitrogens with zero attached hydrogens (tertiary/aromatic N) is 2. The van der Waals surface area contributed by atoms with Crippen molar-refractivity contribution in [3.05, 3.63) is 70.0 Å². The van der Waals surface area contributed by atoms with E-state index in [9.17, 15) is 32.9 Å². The Labute approximate surface area is 303 Å². The third-order valence-corrected chi connectivity index (χ3v) is 10.6. The summed E-state index contributed by atoms with van der Waals surface area (Å²) in [6, 6.07) is 12.5. The van der Waals surface area contributed by atoms with E-state index in [2.05, 4.69) is 4.98 Å². The quantitative estimate of drug-likeness (QED) is 0.214. The minimum Gasteiger partial charge on any atom is -0.463 e. The van der Waals surface area contributed by atoms with E-state index in [0.29, 0.717) is 5.56 Å². The average molecular weight is 757 g/mol. The lowest BCUT2D eigenvalue weighted by molar-refractivity contribution is -0.238. The van der Waals surface area contributed by atoms with E-state index in [4.69, 9.17) is 35.3 Å². The summed E-state index contributed by atoms with van der Waals surface area (Å²) in [5, 5.41) is 9.48. The molecule has 2 aliphatic rings. The first-order chi connectivity index (χ1) is 24.6. The van der Waals surface area contributed by atoms with Crippen LogP contribution in [-0.4, -0.2) is 73.7 Å². The van der Waals surface area contributed by atoms with E-state index in [1.165, 1.54) is 18.2 Å². The van der Waals surface area contributed by atoms with Gasteiger partial charge >= 0.3 is 23.9 Å². The number of pyridine rings is 1. The van der Waals surface area contributed by atoms with Crippen LogP contribution in [-0.2, 0) is 65.5 Å². The highest BCUT2D eigenvalue weighted by molar-refractivity contribution is 7.92. The van der Waals surface area contributed by atoms with Gasteiger partial charge in [-0.15, -0.1) is 0 Å². The highest BCUT2D eigenvalue weighted by Crippen LogP contribution is 2.41. The Bertz CT molecular complexity index is 2060. The number of carbonyl (C=O) groups excluding carboxylic acids is 4. The second-order valence-corrected chi connectivity index (χ2v) is 14.6. The molecule has 0 bridgehead atoms. The average Bonchev–Trinajstić information content (AvgIpc) is 3.07. The largest absolute Gasteiger partial charge is 0.463 e. The lowest BCUT2D eigenvalue weighted by Gasteiger charge is -2.43. The molecule has 274 valence electrons. The molecule has 2 heterocycles. The standard InChI is InChI=1S/C36H34ClFN2O11S/c1-18(41)47-17-30-32(48-19(2)42)33(49-20(3)43)34(50-21(4)44)36(51-30)52(45,46)35-26(16-39)25(31-27(37)10-7-11-28(31)38)15-29(40-35)24-13-12-22-8-5-6-9-23(22)14-24/h7,10-15,30,32-34,36H,5-6,8-9,17H2,1-4H3/t30-,32+,33+,34-,36+/m1/s1. The molecule has 16 heteroatoms. The number of fused-ring (bicyclic) bond motifs is 1. The highest BCUT2D eigenvalue weighted by Gasteiger charge is 2.57. The number of hydrogen-bond acceptors (Lipinski definition) is 13. The van der Waals surface area contributed by atoms with Gasteiger partial charge in [0.1, 0.15) is 24.6 Å². The maximum absolute atomic E-state index is 15.5. The zero-order valence-electron chi connectivity index (χ0n) is 28.5. The molecule has 1 saturated heterocycles. The van der Waals surface area contributed by atoms with Crippen LogP contribution in [0.3, 0.4) is 0 Å². The van der Waals surface area contributed by atoms with Crippen molar-refractivity contribution in [1.29, 1.82) is 5.26 Å². The van der Waals surface area contributed by atoms with Gasteiger partial charge in [-0.25, -0.2) is 17.8 Å². The molecule has 1 aromatic heterocycles. The van der Waals surface area contributed by atoms with Crippen LogP contribution in [0.1, 0.15) is 57.2 Å². The number of nitriles is 1. The van der Waals surface area contributed by atoms with Crippen molar-refractivity contribution >= 4 is 45.3 Å². The highest BCUT2D eigenvalue weighted by atomic mass is 35.5. The summed E-state index contributed by atoms with van der Waals surface area (Å²) < 4.78 is 72.7. The summed E-state index contributed by atoms with van der Waals surface area (Å²) in [7, 11) is -5.17. The minimum atomic E-state index is -5.17. The number of ether oxygens (including phenoxy) is 5. The predicted molar refractivity (Wildman–Crippen MR) is 181 cm³/mol. The molecule has 2 aromatic carbocycles. The second kappa shape index (κ2) is 15.8. The predicted octanol–water partition coefficient (Wildman–Crippen LogP) is 4.82. The van der Waals surface area contributed by atoms with Crippen LogP contribution in [0.5, 0.6) is 0 Å². The van der Waals surface area contributed by atoms with Crippen molar-refractivity contribution in [2.75, 3.05) is 6.61 Å². The first kappa shape index (κ1) is 38.3. The molecule has 0 radical (unpaired) electrons. The van der Waals surface area contributed by atoms with Crippen molar-refractivity contribution in [2.24, 2.45) is 0 Å². The molecule has 3 aromatic rings. The van der Waals surface area contributed by atoms with Gasteiger partial charge in [-0.3, -0.25) is 19.2 Å². The third-order valence-electron chi connectivity index (χ3n) is 8.50. The van der Waals surface area contributed by atoms with E-state index in [0.717, 1.165) is 70.6 Å². The van der Waals surface area contributed by atoms with Gasteiger partial charge in [0.2, 0.25) is 15.3 Å². The Morgan fingerprint density at radius 3 is 2.15 bits per heavy atom. The van der Waals surface area contributed by atoms with Crippen molar-refractivity contribution < 1.29 is 55.7 Å². The Morgan fingerprint density at radius 1 is 0.904 bits per heavy atom. The van der Waals surface area contributed by atoms with Crippen LogP contribution < -0.4 is 0 Å². The van der Waals surface area contributed by atoms with Crippen molar-refractivity contribution in [1.82, 2.24) is 4.98 Å². The van der Waals surface area contributed by atoms with Gasteiger partial charge in [0.05, 0.1) is 16.3 Å². The molecule has 1 aliphatic heterocycles. The first-order valence-corrected chi connectivity index (χ1v) is 18.1. The number of rotatable bonds is 9. The topological polar surface area (TPSA) is 185 Å². The molecule has 1 fully saturated rings. The van der Waals surface area contributed by atoms with Gasteiger partial charge in [0.15, 0.2) is 23.3 Å². The molecule has 1 aliphatic carbocycles. The zero-order valence-corrected chi connectivity index (χ0v) is 30.1. The monoisotopic (exact) mass is 756 g/mol. The van der Waals surface area contributed by atoms with Gasteiger partial charge in [0.25, 0.3) is 0 Å². The van der Waals surface area contributed by atoms with Crippen LogP contribution in [0.4, 0.5) is 4.39 Å². The molecular weight excluding hydrogens is 723 g/mol. The Hall–Kier alpha value is -4.91. The molecule has 5 atom stereocenters. The summed E-state index contributed by atoms with van der Waals surface area (Å²) in [4.78, 5) is 53.3. The molecule has 5 rings (SSSR count). The molecule has 13 nitrogen and oxygen atoms in total. The normalized spacial score (nSPS) is 21.2. The summed E-state index contributed by atoms with van der Waals surface area (Å²) in [5.41, 5.74) is -0.798. The van der Waals surface area contributed by atoms with E-state index in [-0.39, 0.29) is 21.8 Å². The maximum atomic E-state index is 15.5. The van der Waals surface area contributed by atoms with Crippen LogP contribution in [0.25, 0.3) is 22.4 Å². The fourth-order valence-electron chi connectivity index (χ4n) is 6.38. The number of aryl methyl sites for hydroxylation is 2. The van der Waals surface area contributed by atoms with Crippen molar-refractivity contribution in [3.63, 3.8) is 0 Å². The molecule has 0 amide bonds. The van der Waals surface area contributed by atoms with E-state index in [1.54, 1.807) is 6.07 Å². The summed E-state index contributed by atoms with van der Waals surface area (Å²) in [6.07, 6.45) is -3.53. The van der Waals surface area contributed by atoms with Crippen LogP contribution >= 0.6 is 11.6 Å². The number of halogens is 2. The Balaban J connectivity index is 1.79. The van der Waals surface area contributed by atoms with E-state index < -0.39 is 86.6 Å². The molecule has 52 heavy (non-hydrogen) atoms. The molecule has 0 spiro atoms. The second-order valence-electron chi connectivity index (χ2n) is 12.2. The summed E-state index contributed by atoms with van der Waals surface area (Å²) in [6.45, 7) is 3.31. The van der Waals surface area contributed by atoms with Gasteiger partial charge in [0, 0.05) is 44.4 Å². The lowest BCUT2D eigenvalue weighted by atomic mass is 9.89. The Kier molecular flexibility index (Phi) is 11.6. The summed E-state index contributed by atoms with van der Waals surface area (Å²) in [5.74, 6) is -4.61. The van der Waals surface area contributed by atoms with Gasteiger partial charge in [-0.1, -0.05) is 29.8 Å². The van der Waals surface area contributed by atoms with Crippen LogP contribution in [0, 0.1) is 17.1 Å². The molecule has 0 N–H and O–H groups in total. The van der Waals surface area contributed by atoms with E-state index in [1.807, 2.05) is 18.2 Å². The van der Waals surface area contributed by atoms with Gasteiger partial charge < -0.3 is 23.7 Å². The van der Waals surface area contributed by atoms with Gasteiger partial charge in [-0.05, 0) is 61.1 Å². The molecule has 0 saturated carbocycles. The van der Waals surface area contributed by atoms with Crippen molar-refractivity contribution in [3.8, 4) is 28.5 Å². The SMILES string of the molecule is CC(=O)OC[C@H]1O[C@@H](S(=O)(=O)c2nc(-c3ccc4c(c3)CCCC4)cc(-c3c(F)cccc3Cl)c2C#N)[C@H](OC(C)=O)[C@@H](OC(C)=O)[C@H]1OC(C)=O. The number of benzene rings is 2. The number of carbonyl (C=O) groups is 4.